The molecule has 0 aromatic heterocycles. The van der Waals surface area contributed by atoms with Crippen molar-refractivity contribution in [3.05, 3.63) is 35.6 Å². The topological polar surface area (TPSA) is 0 Å². The molecule has 1 saturated carbocycles. The quantitative estimate of drug-likeness (QED) is 0.637. The zero-order chi connectivity index (χ0) is 8.60. The molecule has 12 heavy (non-hydrogen) atoms. The lowest BCUT2D eigenvalue weighted by atomic mass is 9.97. The number of halogens is 2. The molecule has 0 bridgehead atoms. The Hall–Kier alpha value is -0.920. The van der Waals surface area contributed by atoms with Gasteiger partial charge in [-0.3, -0.25) is 4.39 Å². The highest BCUT2D eigenvalue weighted by molar-refractivity contribution is 5.32. The minimum Gasteiger partial charge on any atom is -0.250 e. The largest absolute Gasteiger partial charge is 0.250 e. The molecule has 0 heterocycles. The van der Waals surface area contributed by atoms with E-state index in [1.165, 1.54) is 6.07 Å². The molecule has 0 unspecified atom stereocenters. The average Bonchev–Trinajstić information content (AvgIpc) is 2.86. The third-order valence-corrected chi connectivity index (χ3v) is 2.55. The monoisotopic (exact) mass is 168 g/mol. The average molecular weight is 168 g/mol. The molecular weight excluding hydrogens is 158 g/mol. The zero-order valence-corrected chi connectivity index (χ0v) is 6.69. The van der Waals surface area contributed by atoms with Gasteiger partial charge < -0.3 is 0 Å². The van der Waals surface area contributed by atoms with Gasteiger partial charge in [0, 0.05) is 5.41 Å². The summed E-state index contributed by atoms with van der Waals surface area (Å²) in [5.74, 6) is -0.271. The van der Waals surface area contributed by atoms with Crippen LogP contribution >= 0.6 is 0 Å². The molecule has 1 fully saturated rings. The lowest BCUT2D eigenvalue weighted by molar-refractivity contribution is 0.407. The van der Waals surface area contributed by atoms with Crippen LogP contribution in [0.2, 0.25) is 0 Å². The summed E-state index contributed by atoms with van der Waals surface area (Å²) < 4.78 is 25.7. The highest BCUT2D eigenvalue weighted by Gasteiger charge is 2.45. The van der Waals surface area contributed by atoms with Crippen LogP contribution in [0, 0.1) is 5.82 Å². The van der Waals surface area contributed by atoms with Crippen LogP contribution in [0.1, 0.15) is 18.4 Å². The molecule has 0 atom stereocenters. The first-order chi connectivity index (χ1) is 5.78. The summed E-state index contributed by atoms with van der Waals surface area (Å²) in [5, 5.41) is 0. The van der Waals surface area contributed by atoms with Gasteiger partial charge in [-0.1, -0.05) is 18.2 Å². The lowest BCUT2D eigenvalue weighted by Gasteiger charge is -2.10. The van der Waals surface area contributed by atoms with Gasteiger partial charge in [-0.05, 0) is 24.5 Å². The van der Waals surface area contributed by atoms with Crippen LogP contribution in [0.25, 0.3) is 0 Å². The molecular formula is C10H10F2. The van der Waals surface area contributed by atoms with Crippen molar-refractivity contribution in [2.45, 2.75) is 18.3 Å². The molecule has 0 amide bonds. The first kappa shape index (κ1) is 7.71. The van der Waals surface area contributed by atoms with E-state index in [0.717, 1.165) is 12.8 Å². The maximum atomic E-state index is 13.1. The van der Waals surface area contributed by atoms with Gasteiger partial charge in [-0.15, -0.1) is 0 Å². The number of hydrogen-bond acceptors (Lipinski definition) is 0. The van der Waals surface area contributed by atoms with Gasteiger partial charge in [-0.25, -0.2) is 4.39 Å². The minimum absolute atomic E-state index is 0.271. The van der Waals surface area contributed by atoms with Crippen LogP contribution in [0.5, 0.6) is 0 Å². The minimum atomic E-state index is -0.467. The summed E-state index contributed by atoms with van der Waals surface area (Å²) in [4.78, 5) is 0. The van der Waals surface area contributed by atoms with Gasteiger partial charge in [0.25, 0.3) is 0 Å². The van der Waals surface area contributed by atoms with Crippen LogP contribution in [-0.4, -0.2) is 6.67 Å². The van der Waals surface area contributed by atoms with Crippen LogP contribution in [0.3, 0.4) is 0 Å². The molecule has 0 spiro atoms. The van der Waals surface area contributed by atoms with Crippen molar-refractivity contribution in [2.75, 3.05) is 6.67 Å². The van der Waals surface area contributed by atoms with Gasteiger partial charge in [0.1, 0.15) is 5.82 Å². The lowest BCUT2D eigenvalue weighted by Crippen LogP contribution is -2.10. The molecule has 64 valence electrons. The van der Waals surface area contributed by atoms with Crippen molar-refractivity contribution in [2.24, 2.45) is 0 Å². The third-order valence-electron chi connectivity index (χ3n) is 2.55. The number of benzene rings is 1. The van der Waals surface area contributed by atoms with Crippen molar-refractivity contribution in [1.82, 2.24) is 0 Å². The van der Waals surface area contributed by atoms with E-state index >= 15 is 0 Å². The Bertz CT molecular complexity index is 290. The van der Waals surface area contributed by atoms with E-state index in [4.69, 9.17) is 0 Å². The molecule has 0 aliphatic heterocycles. The van der Waals surface area contributed by atoms with Gasteiger partial charge in [0.2, 0.25) is 0 Å². The van der Waals surface area contributed by atoms with E-state index in [2.05, 4.69) is 0 Å². The predicted octanol–water partition coefficient (Wildman–Crippen LogP) is 2.83. The van der Waals surface area contributed by atoms with Crippen molar-refractivity contribution < 1.29 is 8.78 Å². The molecule has 0 nitrogen and oxygen atoms in total. The van der Waals surface area contributed by atoms with E-state index in [1.54, 1.807) is 18.2 Å². The highest BCUT2D eigenvalue weighted by atomic mass is 19.1. The molecule has 1 aliphatic carbocycles. The maximum absolute atomic E-state index is 13.1. The van der Waals surface area contributed by atoms with Crippen molar-refractivity contribution >= 4 is 0 Å². The van der Waals surface area contributed by atoms with E-state index in [-0.39, 0.29) is 5.82 Å². The summed E-state index contributed by atoms with van der Waals surface area (Å²) in [6.45, 7) is -0.437. The van der Waals surface area contributed by atoms with E-state index in [1.807, 2.05) is 0 Å². The van der Waals surface area contributed by atoms with Crippen LogP contribution in [0.4, 0.5) is 8.78 Å². The Labute approximate surface area is 70.2 Å². The molecule has 0 radical (unpaired) electrons. The van der Waals surface area contributed by atoms with Crippen molar-refractivity contribution in [1.29, 1.82) is 0 Å². The molecule has 2 heteroatoms. The Kier molecular flexibility index (Phi) is 1.63. The fraction of sp³-hybridized carbons (Fsp3) is 0.400. The van der Waals surface area contributed by atoms with Crippen molar-refractivity contribution in [3.8, 4) is 0 Å². The fourth-order valence-corrected chi connectivity index (χ4v) is 1.52. The summed E-state index contributed by atoms with van der Waals surface area (Å²) in [7, 11) is 0. The second-order valence-corrected chi connectivity index (χ2v) is 3.39. The highest BCUT2D eigenvalue weighted by Crippen LogP contribution is 2.49. The Morgan fingerprint density at radius 2 is 1.92 bits per heavy atom. The molecule has 0 N–H and O–H groups in total. The smallest absolute Gasteiger partial charge is 0.127 e. The Morgan fingerprint density at radius 1 is 1.25 bits per heavy atom. The number of rotatable bonds is 2. The maximum Gasteiger partial charge on any atom is 0.127 e. The van der Waals surface area contributed by atoms with Crippen molar-refractivity contribution in [3.63, 3.8) is 0 Å². The molecule has 1 aromatic rings. The molecule has 2 rings (SSSR count). The Balaban J connectivity index is 2.40. The van der Waals surface area contributed by atoms with Gasteiger partial charge >= 0.3 is 0 Å². The fourth-order valence-electron chi connectivity index (χ4n) is 1.52. The zero-order valence-electron chi connectivity index (χ0n) is 6.69. The van der Waals surface area contributed by atoms with Crippen LogP contribution in [0.15, 0.2) is 24.3 Å². The first-order valence-corrected chi connectivity index (χ1v) is 4.09. The van der Waals surface area contributed by atoms with Gasteiger partial charge in [0.05, 0.1) is 6.67 Å². The summed E-state index contributed by atoms with van der Waals surface area (Å²) in [6.07, 6.45) is 1.56. The molecule has 0 saturated heterocycles. The SMILES string of the molecule is FCC1(c2ccccc2F)CC1. The Morgan fingerprint density at radius 3 is 2.42 bits per heavy atom. The first-order valence-electron chi connectivity index (χ1n) is 4.09. The normalized spacial score (nSPS) is 19.2. The summed E-state index contributed by atoms with van der Waals surface area (Å²) in [6, 6.07) is 6.47. The predicted molar refractivity (Wildman–Crippen MR) is 43.3 cm³/mol. The van der Waals surface area contributed by atoms with Gasteiger partial charge in [0.15, 0.2) is 0 Å². The summed E-state index contributed by atoms with van der Waals surface area (Å²) in [5.41, 5.74) is 0.0817. The number of alkyl halides is 1. The van der Waals surface area contributed by atoms with E-state index in [9.17, 15) is 8.78 Å². The molecule has 1 aromatic carbocycles. The molecule has 1 aliphatic rings. The van der Waals surface area contributed by atoms with E-state index < -0.39 is 12.1 Å². The van der Waals surface area contributed by atoms with Crippen LogP contribution < -0.4 is 0 Å². The van der Waals surface area contributed by atoms with E-state index in [0.29, 0.717) is 5.56 Å². The van der Waals surface area contributed by atoms with Crippen LogP contribution in [-0.2, 0) is 5.41 Å². The van der Waals surface area contributed by atoms with Gasteiger partial charge in [-0.2, -0.15) is 0 Å². The summed E-state index contributed by atoms with van der Waals surface area (Å²) >= 11 is 0. The third kappa shape index (κ3) is 1.02. The number of hydrogen-bond donors (Lipinski definition) is 0. The standard InChI is InChI=1S/C10H10F2/c11-7-10(5-6-10)8-3-1-2-4-9(8)12/h1-4H,5-7H2. The second kappa shape index (κ2) is 2.54. The second-order valence-electron chi connectivity index (χ2n) is 3.39.